The van der Waals surface area contributed by atoms with Crippen LogP contribution in [0.3, 0.4) is 0 Å². The van der Waals surface area contributed by atoms with Gasteiger partial charge in [0.15, 0.2) is 0 Å². The predicted molar refractivity (Wildman–Crippen MR) is 119 cm³/mol. The van der Waals surface area contributed by atoms with Gasteiger partial charge in [0.2, 0.25) is 5.91 Å². The molecule has 8 heteroatoms. The summed E-state index contributed by atoms with van der Waals surface area (Å²) in [7, 11) is 0. The van der Waals surface area contributed by atoms with Crippen LogP contribution >= 0.6 is 12.4 Å². The van der Waals surface area contributed by atoms with Gasteiger partial charge in [0.25, 0.3) is 0 Å². The molecule has 0 heterocycles. The molecule has 0 radical (unpaired) electrons. The molecule has 0 spiro atoms. The molecule has 2 unspecified atom stereocenters. The normalized spacial score (nSPS) is 15.8. The van der Waals surface area contributed by atoms with Crippen molar-refractivity contribution in [2.45, 2.75) is 37.8 Å². The molecule has 0 saturated heterocycles. The van der Waals surface area contributed by atoms with Crippen molar-refractivity contribution in [3.05, 3.63) is 60.2 Å². The highest BCUT2D eigenvalue weighted by Gasteiger charge is 2.41. The van der Waals surface area contributed by atoms with Crippen molar-refractivity contribution in [1.82, 2.24) is 10.6 Å². The van der Waals surface area contributed by atoms with Crippen LogP contribution in [-0.2, 0) is 4.79 Å². The van der Waals surface area contributed by atoms with Gasteiger partial charge in [0.1, 0.15) is 11.5 Å². The van der Waals surface area contributed by atoms with E-state index in [1.165, 1.54) is 0 Å². The smallest absolute Gasteiger partial charge is 0.312 e. The van der Waals surface area contributed by atoms with E-state index in [1.54, 1.807) is 6.07 Å². The van der Waals surface area contributed by atoms with E-state index in [4.69, 9.17) is 16.2 Å². The number of primary amides is 1. The molecule has 2 aromatic carbocycles. The van der Waals surface area contributed by atoms with Crippen molar-refractivity contribution in [1.29, 1.82) is 0 Å². The first kappa shape index (κ1) is 23.5. The molecule has 30 heavy (non-hydrogen) atoms. The van der Waals surface area contributed by atoms with Gasteiger partial charge in [-0.15, -0.1) is 12.4 Å². The first-order valence-electron chi connectivity index (χ1n) is 9.79. The van der Waals surface area contributed by atoms with Crippen molar-refractivity contribution < 1.29 is 14.3 Å². The van der Waals surface area contributed by atoms with Crippen LogP contribution in [0.4, 0.5) is 4.79 Å². The Bertz CT molecular complexity index is 860. The highest BCUT2D eigenvalue weighted by atomic mass is 35.5. The highest BCUT2D eigenvalue weighted by Crippen LogP contribution is 2.39. The Labute approximate surface area is 183 Å². The molecule has 162 valence electrons. The standard InChI is InChI=1S/C22H28N4O3.ClH/c1-22(14-23,16-10-11-16)26-20(27)13-19(25-21(24)28)15-6-5-9-18(12-15)29-17-7-3-2-4-8-17;/h2-9,12,16,19H,10-11,13-14,23H2,1H3,(H,26,27)(H3,24,25,28);1H. The maximum atomic E-state index is 12.7. The molecular weight excluding hydrogens is 404 g/mol. The summed E-state index contributed by atoms with van der Waals surface area (Å²) in [5.41, 5.74) is 11.5. The first-order chi connectivity index (χ1) is 13.9. The Hall–Kier alpha value is -2.77. The number of carbonyl (C=O) groups excluding carboxylic acids is 2. The zero-order valence-corrected chi connectivity index (χ0v) is 17.8. The number of urea groups is 1. The number of benzene rings is 2. The average molecular weight is 433 g/mol. The van der Waals surface area contributed by atoms with Crippen LogP contribution < -0.4 is 26.8 Å². The number of hydrogen-bond donors (Lipinski definition) is 4. The fourth-order valence-electron chi connectivity index (χ4n) is 3.44. The molecule has 3 rings (SSSR count). The van der Waals surface area contributed by atoms with E-state index >= 15 is 0 Å². The lowest BCUT2D eigenvalue weighted by Crippen LogP contribution is -2.53. The maximum Gasteiger partial charge on any atom is 0.312 e. The number of ether oxygens (including phenoxy) is 1. The summed E-state index contributed by atoms with van der Waals surface area (Å²) in [5.74, 6) is 1.53. The lowest BCUT2D eigenvalue weighted by atomic mass is 9.95. The van der Waals surface area contributed by atoms with Gasteiger partial charge in [0, 0.05) is 6.54 Å². The fourth-order valence-corrected chi connectivity index (χ4v) is 3.44. The summed E-state index contributed by atoms with van der Waals surface area (Å²) in [6.45, 7) is 2.34. The number of nitrogens with one attached hydrogen (secondary N) is 2. The third kappa shape index (κ3) is 6.37. The van der Waals surface area contributed by atoms with Crippen molar-refractivity contribution in [3.63, 3.8) is 0 Å². The molecule has 0 bridgehead atoms. The van der Waals surface area contributed by atoms with Gasteiger partial charge >= 0.3 is 6.03 Å². The van der Waals surface area contributed by atoms with Gasteiger partial charge in [0.05, 0.1) is 18.0 Å². The summed E-state index contributed by atoms with van der Waals surface area (Å²) in [6, 6.07) is 15.4. The van der Waals surface area contributed by atoms with Crippen molar-refractivity contribution in [2.24, 2.45) is 17.4 Å². The monoisotopic (exact) mass is 432 g/mol. The SMILES string of the molecule is CC(CN)(NC(=O)CC(NC(N)=O)c1cccc(Oc2ccccc2)c1)C1CC1.Cl. The Morgan fingerprint density at radius 3 is 2.40 bits per heavy atom. The van der Waals surface area contributed by atoms with Crippen molar-refractivity contribution in [3.8, 4) is 11.5 Å². The summed E-state index contributed by atoms with van der Waals surface area (Å²) >= 11 is 0. The van der Waals surface area contributed by atoms with Gasteiger partial charge in [-0.2, -0.15) is 0 Å². The van der Waals surface area contributed by atoms with E-state index in [1.807, 2.05) is 55.5 Å². The van der Waals surface area contributed by atoms with Crippen LogP contribution in [0.2, 0.25) is 0 Å². The number of carbonyl (C=O) groups is 2. The quantitative estimate of drug-likeness (QED) is 0.486. The topological polar surface area (TPSA) is 119 Å². The molecule has 2 atom stereocenters. The summed E-state index contributed by atoms with van der Waals surface area (Å²) < 4.78 is 5.86. The minimum absolute atomic E-state index is 0. The van der Waals surface area contributed by atoms with E-state index < -0.39 is 17.6 Å². The number of rotatable bonds is 9. The highest BCUT2D eigenvalue weighted by molar-refractivity contribution is 5.85. The van der Waals surface area contributed by atoms with E-state index in [2.05, 4.69) is 10.6 Å². The molecular formula is C22H29ClN4O3. The molecule has 1 fully saturated rings. The Balaban J connectivity index is 0.00000320. The summed E-state index contributed by atoms with van der Waals surface area (Å²) in [6.07, 6.45) is 2.19. The lowest BCUT2D eigenvalue weighted by Gasteiger charge is -2.30. The molecule has 0 aromatic heterocycles. The van der Waals surface area contributed by atoms with E-state index in [9.17, 15) is 9.59 Å². The minimum atomic E-state index is -0.694. The molecule has 6 N–H and O–H groups in total. The molecule has 1 saturated carbocycles. The Kier molecular flexibility index (Phi) is 8.08. The number of hydrogen-bond acceptors (Lipinski definition) is 4. The van der Waals surface area contributed by atoms with Crippen LogP contribution in [0, 0.1) is 5.92 Å². The molecule has 2 aromatic rings. The third-order valence-corrected chi connectivity index (χ3v) is 5.27. The molecule has 0 aliphatic heterocycles. The van der Waals surface area contributed by atoms with Gasteiger partial charge in [-0.25, -0.2) is 4.79 Å². The third-order valence-electron chi connectivity index (χ3n) is 5.27. The second kappa shape index (κ2) is 10.3. The number of nitrogens with two attached hydrogens (primary N) is 2. The average Bonchev–Trinajstić information content (AvgIpc) is 3.54. The largest absolute Gasteiger partial charge is 0.457 e. The van der Waals surface area contributed by atoms with Crippen LogP contribution in [-0.4, -0.2) is 24.0 Å². The van der Waals surface area contributed by atoms with Crippen LogP contribution in [0.25, 0.3) is 0 Å². The van der Waals surface area contributed by atoms with Crippen LogP contribution in [0.15, 0.2) is 54.6 Å². The lowest BCUT2D eigenvalue weighted by molar-refractivity contribution is -0.123. The number of para-hydroxylation sites is 1. The Morgan fingerprint density at radius 2 is 1.80 bits per heavy atom. The van der Waals surface area contributed by atoms with E-state index in [-0.39, 0.29) is 24.7 Å². The number of amides is 3. The second-order valence-corrected chi connectivity index (χ2v) is 7.70. The molecule has 7 nitrogen and oxygen atoms in total. The molecule has 3 amide bonds. The van der Waals surface area contributed by atoms with Crippen LogP contribution in [0.5, 0.6) is 11.5 Å². The minimum Gasteiger partial charge on any atom is -0.457 e. The summed E-state index contributed by atoms with van der Waals surface area (Å²) in [5, 5.41) is 5.70. The number of halogens is 1. The predicted octanol–water partition coefficient (Wildman–Crippen LogP) is 3.24. The van der Waals surface area contributed by atoms with Gasteiger partial charge in [-0.3, -0.25) is 4.79 Å². The first-order valence-corrected chi connectivity index (χ1v) is 9.79. The van der Waals surface area contributed by atoms with E-state index in [0.29, 0.717) is 24.0 Å². The van der Waals surface area contributed by atoms with Crippen LogP contribution in [0.1, 0.15) is 37.8 Å². The second-order valence-electron chi connectivity index (χ2n) is 7.70. The maximum absolute atomic E-state index is 12.7. The molecule has 1 aliphatic carbocycles. The van der Waals surface area contributed by atoms with Crippen molar-refractivity contribution >= 4 is 24.3 Å². The zero-order valence-electron chi connectivity index (χ0n) is 17.0. The van der Waals surface area contributed by atoms with E-state index in [0.717, 1.165) is 18.4 Å². The van der Waals surface area contributed by atoms with Gasteiger partial charge < -0.3 is 26.8 Å². The molecule has 1 aliphatic rings. The Morgan fingerprint density at radius 1 is 1.13 bits per heavy atom. The zero-order chi connectivity index (χ0) is 20.9. The summed E-state index contributed by atoms with van der Waals surface area (Å²) in [4.78, 5) is 24.2. The fraction of sp³-hybridized carbons (Fsp3) is 0.364. The van der Waals surface area contributed by atoms with Gasteiger partial charge in [-0.1, -0.05) is 30.3 Å². The van der Waals surface area contributed by atoms with Crippen molar-refractivity contribution in [2.75, 3.05) is 6.54 Å². The van der Waals surface area contributed by atoms with Gasteiger partial charge in [-0.05, 0) is 55.5 Å².